The monoisotopic (exact) mass is 308 g/mol. The van der Waals surface area contributed by atoms with Crippen molar-refractivity contribution in [2.24, 2.45) is 0 Å². The molecule has 1 atom stereocenters. The molecule has 3 rings (SSSR count). The highest BCUT2D eigenvalue weighted by Gasteiger charge is 2.43. The molecule has 0 bridgehead atoms. The fraction of sp³-hybridized carbons (Fsp3) is 0.167. The number of urea groups is 1. The molecule has 0 spiro atoms. The van der Waals surface area contributed by atoms with Crippen LogP contribution in [-0.4, -0.2) is 35.2 Å². The van der Waals surface area contributed by atoms with Crippen molar-refractivity contribution in [3.8, 4) is 0 Å². The molecule has 3 amide bonds. The Morgan fingerprint density at radius 2 is 1.52 bits per heavy atom. The number of amides is 3. The van der Waals surface area contributed by atoms with E-state index in [9.17, 15) is 14.4 Å². The summed E-state index contributed by atoms with van der Waals surface area (Å²) in [5.74, 6) is -0.613. The van der Waals surface area contributed by atoms with E-state index in [0.29, 0.717) is 11.3 Å². The van der Waals surface area contributed by atoms with Crippen molar-refractivity contribution in [2.75, 3.05) is 11.4 Å². The van der Waals surface area contributed by atoms with E-state index in [1.165, 1.54) is 4.90 Å². The summed E-state index contributed by atoms with van der Waals surface area (Å²) in [6, 6.07) is 16.6. The first-order valence-corrected chi connectivity index (χ1v) is 7.37. The van der Waals surface area contributed by atoms with Gasteiger partial charge in [0, 0.05) is 11.3 Å². The first kappa shape index (κ1) is 15.0. The van der Waals surface area contributed by atoms with Crippen molar-refractivity contribution >= 4 is 23.4 Å². The highest BCUT2D eigenvalue weighted by molar-refractivity contribution is 6.16. The van der Waals surface area contributed by atoms with Gasteiger partial charge in [0.2, 0.25) is 0 Å². The van der Waals surface area contributed by atoms with Crippen LogP contribution in [0.5, 0.6) is 0 Å². The fourth-order valence-corrected chi connectivity index (χ4v) is 2.65. The molecule has 0 saturated carbocycles. The Bertz CT molecular complexity index is 743. The van der Waals surface area contributed by atoms with Crippen LogP contribution < -0.4 is 4.90 Å². The molecule has 0 aromatic heterocycles. The lowest BCUT2D eigenvalue weighted by atomic mass is 10.1. The van der Waals surface area contributed by atoms with E-state index in [-0.39, 0.29) is 18.2 Å². The second-order valence-corrected chi connectivity index (χ2v) is 5.38. The summed E-state index contributed by atoms with van der Waals surface area (Å²) in [5, 5.41) is 0. The largest absolute Gasteiger partial charge is 0.332 e. The van der Waals surface area contributed by atoms with Gasteiger partial charge in [-0.1, -0.05) is 48.5 Å². The van der Waals surface area contributed by atoms with Crippen molar-refractivity contribution in [3.63, 3.8) is 0 Å². The summed E-state index contributed by atoms with van der Waals surface area (Å²) in [6.07, 6.45) is 0. The maximum Gasteiger partial charge on any atom is 0.332 e. The van der Waals surface area contributed by atoms with E-state index in [4.69, 9.17) is 0 Å². The van der Waals surface area contributed by atoms with Crippen LogP contribution in [0.1, 0.15) is 17.3 Å². The molecule has 1 aliphatic rings. The van der Waals surface area contributed by atoms with Crippen LogP contribution in [0.15, 0.2) is 60.7 Å². The van der Waals surface area contributed by atoms with Gasteiger partial charge in [0.05, 0.1) is 6.54 Å². The Balaban J connectivity index is 1.83. The zero-order chi connectivity index (χ0) is 16.4. The number of carbonyl (C=O) groups excluding carboxylic acids is 3. The minimum absolute atomic E-state index is 0.241. The minimum atomic E-state index is -0.617. The van der Waals surface area contributed by atoms with Gasteiger partial charge in [0.15, 0.2) is 5.78 Å². The predicted molar refractivity (Wildman–Crippen MR) is 86.3 cm³/mol. The standard InChI is InChI=1S/C18H16N2O3/c1-13-17(22)19(12-16(21)14-8-4-2-5-9-14)18(23)20(13)15-10-6-3-7-11-15/h2-11,13H,12H2,1H3. The third-order valence-corrected chi connectivity index (χ3v) is 3.88. The minimum Gasteiger partial charge on any atom is -0.292 e. The van der Waals surface area contributed by atoms with Crippen LogP contribution in [0.25, 0.3) is 0 Å². The number of carbonyl (C=O) groups is 3. The third kappa shape index (κ3) is 2.73. The molecule has 2 aromatic carbocycles. The molecule has 23 heavy (non-hydrogen) atoms. The summed E-state index contributed by atoms with van der Waals surface area (Å²) in [7, 11) is 0. The summed E-state index contributed by atoms with van der Waals surface area (Å²) in [4.78, 5) is 39.7. The fourth-order valence-electron chi connectivity index (χ4n) is 2.65. The molecule has 5 heteroatoms. The number of nitrogens with zero attached hydrogens (tertiary/aromatic N) is 2. The Labute approximate surface area is 134 Å². The smallest absolute Gasteiger partial charge is 0.292 e. The van der Waals surface area contributed by atoms with Crippen molar-refractivity contribution in [1.82, 2.24) is 4.90 Å². The molecule has 1 saturated heterocycles. The molecular formula is C18H16N2O3. The van der Waals surface area contributed by atoms with Gasteiger partial charge in [-0.2, -0.15) is 0 Å². The second kappa shape index (κ2) is 6.04. The molecule has 1 heterocycles. The average Bonchev–Trinajstić information content (AvgIpc) is 2.80. The molecule has 1 unspecified atom stereocenters. The van der Waals surface area contributed by atoms with Gasteiger partial charge in [0.25, 0.3) is 5.91 Å². The van der Waals surface area contributed by atoms with Crippen LogP contribution in [-0.2, 0) is 4.79 Å². The van der Waals surface area contributed by atoms with Crippen molar-refractivity contribution < 1.29 is 14.4 Å². The highest BCUT2D eigenvalue weighted by Crippen LogP contribution is 2.25. The highest BCUT2D eigenvalue weighted by atomic mass is 16.2. The van der Waals surface area contributed by atoms with Gasteiger partial charge < -0.3 is 0 Å². The van der Waals surface area contributed by atoms with Gasteiger partial charge in [-0.25, -0.2) is 4.79 Å². The maximum atomic E-state index is 12.6. The Morgan fingerprint density at radius 3 is 2.13 bits per heavy atom. The van der Waals surface area contributed by atoms with E-state index in [1.54, 1.807) is 55.5 Å². The summed E-state index contributed by atoms with van der Waals surface area (Å²) >= 11 is 0. The normalized spacial score (nSPS) is 17.7. The number of benzene rings is 2. The zero-order valence-electron chi connectivity index (χ0n) is 12.7. The Morgan fingerprint density at radius 1 is 0.957 bits per heavy atom. The Hall–Kier alpha value is -2.95. The molecule has 1 aliphatic heterocycles. The van der Waals surface area contributed by atoms with E-state index in [2.05, 4.69) is 0 Å². The van der Waals surface area contributed by atoms with Crippen LogP contribution in [0, 0.1) is 0 Å². The zero-order valence-corrected chi connectivity index (χ0v) is 12.7. The lowest BCUT2D eigenvalue weighted by molar-refractivity contribution is -0.126. The van der Waals surface area contributed by atoms with Crippen molar-refractivity contribution in [2.45, 2.75) is 13.0 Å². The quantitative estimate of drug-likeness (QED) is 0.644. The van der Waals surface area contributed by atoms with E-state index >= 15 is 0 Å². The second-order valence-electron chi connectivity index (χ2n) is 5.38. The van der Waals surface area contributed by atoms with Gasteiger partial charge in [0.1, 0.15) is 6.04 Å². The number of imide groups is 1. The Kier molecular flexibility index (Phi) is 3.93. The first-order chi connectivity index (χ1) is 11.1. The molecule has 0 N–H and O–H groups in total. The molecule has 2 aromatic rings. The lowest BCUT2D eigenvalue weighted by Crippen LogP contribution is -2.37. The average molecular weight is 308 g/mol. The van der Waals surface area contributed by atoms with Gasteiger partial charge in [-0.05, 0) is 19.1 Å². The van der Waals surface area contributed by atoms with Gasteiger partial charge >= 0.3 is 6.03 Å². The molecular weight excluding hydrogens is 292 g/mol. The number of rotatable bonds is 4. The van der Waals surface area contributed by atoms with E-state index in [1.807, 2.05) is 12.1 Å². The third-order valence-electron chi connectivity index (χ3n) is 3.88. The van der Waals surface area contributed by atoms with Crippen molar-refractivity contribution in [1.29, 1.82) is 0 Å². The lowest BCUT2D eigenvalue weighted by Gasteiger charge is -2.19. The number of anilines is 1. The van der Waals surface area contributed by atoms with Crippen molar-refractivity contribution in [3.05, 3.63) is 66.2 Å². The predicted octanol–water partition coefficient (Wildman–Crippen LogP) is 2.73. The first-order valence-electron chi connectivity index (χ1n) is 7.37. The number of ketones is 1. The van der Waals surface area contributed by atoms with E-state index in [0.717, 1.165) is 4.90 Å². The van der Waals surface area contributed by atoms with E-state index < -0.39 is 12.1 Å². The van der Waals surface area contributed by atoms with Crippen LogP contribution in [0.4, 0.5) is 10.5 Å². The summed E-state index contributed by atoms with van der Waals surface area (Å²) < 4.78 is 0. The number of hydrogen-bond acceptors (Lipinski definition) is 3. The maximum absolute atomic E-state index is 12.6. The summed E-state index contributed by atoms with van der Waals surface area (Å²) in [5.41, 5.74) is 1.13. The van der Waals surface area contributed by atoms with Crippen LogP contribution in [0.2, 0.25) is 0 Å². The van der Waals surface area contributed by atoms with Gasteiger partial charge in [-0.15, -0.1) is 0 Å². The van der Waals surface area contributed by atoms with Crippen LogP contribution >= 0.6 is 0 Å². The SMILES string of the molecule is CC1C(=O)N(CC(=O)c2ccccc2)C(=O)N1c1ccccc1. The number of hydrogen-bond donors (Lipinski definition) is 0. The number of para-hydroxylation sites is 1. The molecule has 1 fully saturated rings. The van der Waals surface area contributed by atoms with Gasteiger partial charge in [-0.3, -0.25) is 19.4 Å². The number of Topliss-reactive ketones (excluding diaryl/α,β-unsaturated/α-hetero) is 1. The molecule has 5 nitrogen and oxygen atoms in total. The molecule has 116 valence electrons. The molecule has 0 aliphatic carbocycles. The topological polar surface area (TPSA) is 57.7 Å². The summed E-state index contributed by atoms with van der Waals surface area (Å²) in [6.45, 7) is 1.43. The van der Waals surface area contributed by atoms with Crippen LogP contribution in [0.3, 0.4) is 0 Å². The molecule has 0 radical (unpaired) electrons.